The second-order valence-corrected chi connectivity index (χ2v) is 11.1. The lowest BCUT2D eigenvalue weighted by Crippen LogP contribution is -2.60. The van der Waals surface area contributed by atoms with Crippen LogP contribution in [0.3, 0.4) is 0 Å². The van der Waals surface area contributed by atoms with Gasteiger partial charge in [0.2, 0.25) is 5.91 Å². The van der Waals surface area contributed by atoms with E-state index in [0.29, 0.717) is 23.1 Å². The van der Waals surface area contributed by atoms with Gasteiger partial charge in [-0.05, 0) is 47.5 Å². The Kier molecular flexibility index (Phi) is 7.39. The maximum absolute atomic E-state index is 12.4. The molecule has 3 aromatic rings. The lowest BCUT2D eigenvalue weighted by molar-refractivity contribution is -0.122. The van der Waals surface area contributed by atoms with Crippen molar-refractivity contribution in [3.63, 3.8) is 0 Å². The fourth-order valence-electron chi connectivity index (χ4n) is 3.99. The zero-order valence-corrected chi connectivity index (χ0v) is 20.2. The van der Waals surface area contributed by atoms with Gasteiger partial charge in [-0.1, -0.05) is 65.7 Å². The Labute approximate surface area is 204 Å². The zero-order valence-electron chi connectivity index (χ0n) is 17.8. The molecule has 4 rings (SSSR count). The molecular weight excluding hydrogens is 479 g/mol. The number of hydrogen-bond donors (Lipinski definition) is 1. The summed E-state index contributed by atoms with van der Waals surface area (Å²) < 4.78 is 24.8. The Morgan fingerprint density at radius 3 is 1.91 bits per heavy atom. The topological polar surface area (TPSA) is 66.5 Å². The summed E-state index contributed by atoms with van der Waals surface area (Å²) in [5, 5.41) is 4.31. The zero-order chi connectivity index (χ0) is 23.4. The molecule has 172 valence electrons. The van der Waals surface area contributed by atoms with Gasteiger partial charge >= 0.3 is 0 Å². The highest BCUT2D eigenvalue weighted by atomic mass is 35.5. The number of benzene rings is 3. The molecule has 0 radical (unpaired) electrons. The predicted molar refractivity (Wildman–Crippen MR) is 131 cm³/mol. The Morgan fingerprint density at radius 2 is 1.39 bits per heavy atom. The number of likely N-dealkylation sites (tertiary alicyclic amines) is 1. The third-order valence-corrected chi connectivity index (χ3v) is 7.95. The van der Waals surface area contributed by atoms with E-state index in [1.165, 1.54) is 0 Å². The van der Waals surface area contributed by atoms with Crippen LogP contribution >= 0.6 is 23.2 Å². The quantitative estimate of drug-likeness (QED) is 0.482. The van der Waals surface area contributed by atoms with Crippen molar-refractivity contribution >= 4 is 38.9 Å². The van der Waals surface area contributed by atoms with Crippen molar-refractivity contribution < 1.29 is 13.2 Å². The molecule has 1 heterocycles. The number of carbonyl (C=O) groups is 1. The number of nitrogens with zero attached hydrogens (tertiary/aromatic N) is 1. The number of rotatable bonds is 8. The van der Waals surface area contributed by atoms with Crippen molar-refractivity contribution in [1.29, 1.82) is 0 Å². The first kappa shape index (κ1) is 23.8. The molecule has 0 saturated carbocycles. The second kappa shape index (κ2) is 10.3. The minimum absolute atomic E-state index is 0.00569. The van der Waals surface area contributed by atoms with Crippen LogP contribution in [0, 0.1) is 0 Å². The molecule has 8 heteroatoms. The van der Waals surface area contributed by atoms with Gasteiger partial charge in [0.05, 0.1) is 22.7 Å². The van der Waals surface area contributed by atoms with Crippen molar-refractivity contribution in [3.8, 4) is 0 Å². The molecule has 0 unspecified atom stereocenters. The molecule has 0 spiro atoms. The van der Waals surface area contributed by atoms with Crippen molar-refractivity contribution in [2.24, 2.45) is 0 Å². The molecule has 1 aliphatic heterocycles. The highest BCUT2D eigenvalue weighted by Gasteiger charge is 2.35. The van der Waals surface area contributed by atoms with Crippen LogP contribution < -0.4 is 5.32 Å². The van der Waals surface area contributed by atoms with Gasteiger partial charge in [-0.2, -0.15) is 0 Å². The molecule has 1 amide bonds. The smallest absolute Gasteiger partial charge is 0.221 e. The standard InChI is InChI=1S/C25H24Cl2N2O3S/c26-20-10-6-18(7-11-20)25(19-8-12-21(27)13-9-19)29-16-22(17-29)28-24(30)14-15-33(31,32)23-4-2-1-3-5-23/h1-13,22,25H,14-17H2,(H,28,30). The van der Waals surface area contributed by atoms with Gasteiger partial charge < -0.3 is 5.32 Å². The first-order chi connectivity index (χ1) is 15.8. The third-order valence-electron chi connectivity index (χ3n) is 5.71. The van der Waals surface area contributed by atoms with E-state index < -0.39 is 9.84 Å². The first-order valence-electron chi connectivity index (χ1n) is 10.6. The Bertz CT molecular complexity index is 1150. The Hall–Kier alpha value is -2.38. The summed E-state index contributed by atoms with van der Waals surface area (Å²) >= 11 is 12.1. The average molecular weight is 503 g/mol. The fourth-order valence-corrected chi connectivity index (χ4v) is 5.51. The van der Waals surface area contributed by atoms with Crippen LogP contribution in [0.5, 0.6) is 0 Å². The summed E-state index contributed by atoms with van der Waals surface area (Å²) in [7, 11) is -3.48. The molecule has 5 nitrogen and oxygen atoms in total. The molecule has 33 heavy (non-hydrogen) atoms. The number of halogens is 2. The van der Waals surface area contributed by atoms with Gasteiger partial charge in [-0.3, -0.25) is 9.69 Å². The van der Waals surface area contributed by atoms with Gasteiger partial charge in [-0.15, -0.1) is 0 Å². The maximum atomic E-state index is 12.4. The molecule has 3 aromatic carbocycles. The van der Waals surface area contributed by atoms with E-state index >= 15 is 0 Å². The van der Waals surface area contributed by atoms with Crippen LogP contribution in [-0.2, 0) is 14.6 Å². The van der Waals surface area contributed by atoms with Gasteiger partial charge in [-0.25, -0.2) is 8.42 Å². The van der Waals surface area contributed by atoms with Crippen molar-refractivity contribution in [1.82, 2.24) is 10.2 Å². The predicted octanol–water partition coefficient (Wildman–Crippen LogP) is 4.75. The summed E-state index contributed by atoms with van der Waals surface area (Å²) in [6, 6.07) is 23.7. The molecule has 1 aliphatic rings. The molecule has 0 atom stereocenters. The Morgan fingerprint density at radius 1 is 0.879 bits per heavy atom. The van der Waals surface area contributed by atoms with Crippen molar-refractivity contribution in [2.75, 3.05) is 18.8 Å². The molecular formula is C25H24Cl2N2O3S. The third kappa shape index (κ3) is 5.95. The van der Waals surface area contributed by atoms with E-state index in [2.05, 4.69) is 10.2 Å². The average Bonchev–Trinajstić information content (AvgIpc) is 2.79. The number of sulfone groups is 1. The van der Waals surface area contributed by atoms with Crippen LogP contribution in [0.25, 0.3) is 0 Å². The highest BCUT2D eigenvalue weighted by Crippen LogP contribution is 2.33. The van der Waals surface area contributed by atoms with Gasteiger partial charge in [0.25, 0.3) is 0 Å². The summed E-state index contributed by atoms with van der Waals surface area (Å²) in [6.07, 6.45) is -0.0640. The molecule has 0 aliphatic carbocycles. The van der Waals surface area contributed by atoms with E-state index in [-0.39, 0.29) is 35.1 Å². The molecule has 1 N–H and O–H groups in total. The number of amides is 1. The van der Waals surface area contributed by atoms with Crippen LogP contribution in [0.15, 0.2) is 83.8 Å². The summed E-state index contributed by atoms with van der Waals surface area (Å²) in [4.78, 5) is 14.9. The van der Waals surface area contributed by atoms with E-state index in [0.717, 1.165) is 11.1 Å². The Balaban J connectivity index is 1.36. The molecule has 0 bridgehead atoms. The largest absolute Gasteiger partial charge is 0.351 e. The summed E-state index contributed by atoms with van der Waals surface area (Å²) in [5.74, 6) is -0.467. The van der Waals surface area contributed by atoms with E-state index in [4.69, 9.17) is 23.2 Å². The highest BCUT2D eigenvalue weighted by molar-refractivity contribution is 7.91. The first-order valence-corrected chi connectivity index (χ1v) is 13.0. The lowest BCUT2D eigenvalue weighted by atomic mass is 9.93. The number of carbonyl (C=O) groups excluding carboxylic acids is 1. The van der Waals surface area contributed by atoms with Crippen LogP contribution in [0.4, 0.5) is 0 Å². The molecule has 0 aromatic heterocycles. The number of nitrogens with one attached hydrogen (secondary N) is 1. The van der Waals surface area contributed by atoms with Crippen molar-refractivity contribution in [2.45, 2.75) is 23.4 Å². The van der Waals surface area contributed by atoms with Gasteiger partial charge in [0, 0.05) is 29.6 Å². The number of hydrogen-bond acceptors (Lipinski definition) is 4. The van der Waals surface area contributed by atoms with Crippen LogP contribution in [0.2, 0.25) is 10.0 Å². The second-order valence-electron chi connectivity index (χ2n) is 8.11. The van der Waals surface area contributed by atoms with Crippen LogP contribution in [0.1, 0.15) is 23.6 Å². The van der Waals surface area contributed by atoms with Crippen LogP contribution in [-0.4, -0.2) is 44.1 Å². The summed E-state index contributed by atoms with van der Waals surface area (Å²) in [6.45, 7) is 1.32. The van der Waals surface area contributed by atoms with Gasteiger partial charge in [0.1, 0.15) is 0 Å². The SMILES string of the molecule is O=C(CCS(=O)(=O)c1ccccc1)NC1CN(C(c2ccc(Cl)cc2)c2ccc(Cl)cc2)C1. The monoisotopic (exact) mass is 502 g/mol. The molecule has 1 saturated heterocycles. The maximum Gasteiger partial charge on any atom is 0.221 e. The van der Waals surface area contributed by atoms with Crippen molar-refractivity contribution in [3.05, 3.63) is 100 Å². The minimum atomic E-state index is -3.48. The van der Waals surface area contributed by atoms with Gasteiger partial charge in [0.15, 0.2) is 9.84 Å². The minimum Gasteiger partial charge on any atom is -0.351 e. The fraction of sp³-hybridized carbons (Fsp3) is 0.240. The summed E-state index contributed by atoms with van der Waals surface area (Å²) in [5.41, 5.74) is 2.20. The van der Waals surface area contributed by atoms with E-state index in [9.17, 15) is 13.2 Å². The molecule has 1 fully saturated rings. The lowest BCUT2D eigenvalue weighted by Gasteiger charge is -2.45. The normalized spacial score (nSPS) is 14.8. The van der Waals surface area contributed by atoms with E-state index in [1.54, 1.807) is 30.3 Å². The van der Waals surface area contributed by atoms with E-state index in [1.807, 2.05) is 48.5 Å².